The van der Waals surface area contributed by atoms with Gasteiger partial charge in [0.1, 0.15) is 30.7 Å². The lowest BCUT2D eigenvalue weighted by Crippen LogP contribution is -2.31. The molecule has 0 fully saturated rings. The number of hydrogen-bond acceptors (Lipinski definition) is 6. The summed E-state index contributed by atoms with van der Waals surface area (Å²) in [5.41, 5.74) is -0.605. The standard InChI is InChI=1S/C18H22O6/c1-4-18(2,3)17(21)23-11-13(19)10-22-14-7-5-12-6-8-16(20)24-15(12)9-14/h5-9,13,19H,4,10-11H2,1-3H3. The maximum atomic E-state index is 11.8. The van der Waals surface area contributed by atoms with Crippen LogP contribution in [0.4, 0.5) is 0 Å². The number of rotatable bonds is 7. The van der Waals surface area contributed by atoms with Gasteiger partial charge >= 0.3 is 11.6 Å². The average Bonchev–Trinajstić information content (AvgIpc) is 2.57. The van der Waals surface area contributed by atoms with Crippen molar-refractivity contribution in [3.8, 4) is 5.75 Å². The van der Waals surface area contributed by atoms with E-state index in [9.17, 15) is 14.7 Å². The summed E-state index contributed by atoms with van der Waals surface area (Å²) in [5, 5.41) is 10.7. The van der Waals surface area contributed by atoms with E-state index in [1.54, 1.807) is 38.1 Å². The molecule has 0 saturated heterocycles. The van der Waals surface area contributed by atoms with Crippen LogP contribution in [0.2, 0.25) is 0 Å². The third-order valence-corrected chi connectivity index (χ3v) is 3.88. The highest BCUT2D eigenvalue weighted by Gasteiger charge is 2.27. The molecule has 24 heavy (non-hydrogen) atoms. The molecule has 1 aromatic heterocycles. The van der Waals surface area contributed by atoms with Gasteiger partial charge in [0.05, 0.1) is 5.41 Å². The van der Waals surface area contributed by atoms with Crippen molar-refractivity contribution in [1.82, 2.24) is 0 Å². The van der Waals surface area contributed by atoms with E-state index in [2.05, 4.69) is 0 Å². The van der Waals surface area contributed by atoms with Crippen molar-refractivity contribution in [3.05, 3.63) is 40.8 Å². The number of esters is 1. The van der Waals surface area contributed by atoms with Gasteiger partial charge in [-0.25, -0.2) is 4.79 Å². The molecule has 0 spiro atoms. The van der Waals surface area contributed by atoms with Crippen molar-refractivity contribution in [1.29, 1.82) is 0 Å². The van der Waals surface area contributed by atoms with Gasteiger partial charge in [-0.1, -0.05) is 6.92 Å². The van der Waals surface area contributed by atoms with Gasteiger partial charge in [-0.15, -0.1) is 0 Å². The smallest absolute Gasteiger partial charge is 0.336 e. The van der Waals surface area contributed by atoms with Gasteiger partial charge in [-0.2, -0.15) is 0 Å². The number of benzene rings is 1. The summed E-state index contributed by atoms with van der Waals surface area (Å²) in [5.74, 6) is 0.104. The molecule has 0 bridgehead atoms. The van der Waals surface area contributed by atoms with E-state index in [4.69, 9.17) is 13.9 Å². The first-order valence-corrected chi connectivity index (χ1v) is 7.84. The second-order valence-electron chi connectivity index (χ2n) is 6.25. The van der Waals surface area contributed by atoms with Crippen LogP contribution in [0.15, 0.2) is 39.5 Å². The predicted octanol–water partition coefficient (Wildman–Crippen LogP) is 2.51. The van der Waals surface area contributed by atoms with Crippen LogP contribution in [0, 0.1) is 5.41 Å². The van der Waals surface area contributed by atoms with Crippen LogP contribution in [-0.4, -0.2) is 30.4 Å². The van der Waals surface area contributed by atoms with Crippen LogP contribution in [0.5, 0.6) is 5.75 Å². The summed E-state index contributed by atoms with van der Waals surface area (Å²) in [4.78, 5) is 23.1. The SMILES string of the molecule is CCC(C)(C)C(=O)OCC(O)COc1ccc2ccc(=O)oc2c1. The summed E-state index contributed by atoms with van der Waals surface area (Å²) in [6.45, 7) is 5.31. The zero-order chi connectivity index (χ0) is 17.7. The van der Waals surface area contributed by atoms with Gasteiger partial charge in [0.15, 0.2) is 0 Å². The third kappa shape index (κ3) is 4.58. The Morgan fingerprint density at radius 1 is 1.25 bits per heavy atom. The molecular formula is C18H22O6. The Bertz CT molecular complexity index is 761. The van der Waals surface area contributed by atoms with Gasteiger partial charge < -0.3 is 19.0 Å². The van der Waals surface area contributed by atoms with Crippen LogP contribution >= 0.6 is 0 Å². The van der Waals surface area contributed by atoms with E-state index in [-0.39, 0.29) is 19.2 Å². The van der Waals surface area contributed by atoms with Crippen molar-refractivity contribution in [3.63, 3.8) is 0 Å². The second-order valence-corrected chi connectivity index (χ2v) is 6.25. The summed E-state index contributed by atoms with van der Waals surface area (Å²) in [6, 6.07) is 8.05. The third-order valence-electron chi connectivity index (χ3n) is 3.88. The summed E-state index contributed by atoms with van der Waals surface area (Å²) >= 11 is 0. The molecule has 2 aromatic rings. The molecule has 0 aliphatic heterocycles. The van der Waals surface area contributed by atoms with Crippen molar-refractivity contribution >= 4 is 16.9 Å². The minimum absolute atomic E-state index is 0.0393. The Morgan fingerprint density at radius 2 is 1.96 bits per heavy atom. The Morgan fingerprint density at radius 3 is 2.67 bits per heavy atom. The highest BCUT2D eigenvalue weighted by molar-refractivity contribution is 5.77. The van der Waals surface area contributed by atoms with E-state index < -0.39 is 17.1 Å². The predicted molar refractivity (Wildman–Crippen MR) is 89.0 cm³/mol. The van der Waals surface area contributed by atoms with Crippen LogP contribution in [0.1, 0.15) is 27.2 Å². The first-order chi connectivity index (χ1) is 11.3. The second kappa shape index (κ2) is 7.49. The molecule has 0 amide bonds. The van der Waals surface area contributed by atoms with Crippen LogP contribution in [-0.2, 0) is 9.53 Å². The number of aliphatic hydroxyl groups is 1. The van der Waals surface area contributed by atoms with E-state index in [0.717, 1.165) is 5.39 Å². The lowest BCUT2D eigenvalue weighted by molar-refractivity contribution is -0.157. The van der Waals surface area contributed by atoms with E-state index in [1.165, 1.54) is 6.07 Å². The van der Waals surface area contributed by atoms with Gasteiger partial charge in [-0.05, 0) is 38.5 Å². The number of hydrogen-bond donors (Lipinski definition) is 1. The van der Waals surface area contributed by atoms with Crippen LogP contribution in [0.3, 0.4) is 0 Å². The van der Waals surface area contributed by atoms with Gasteiger partial charge in [-0.3, -0.25) is 4.79 Å². The molecule has 1 N–H and O–H groups in total. The molecule has 0 aliphatic carbocycles. The molecule has 6 nitrogen and oxygen atoms in total. The quantitative estimate of drug-likeness (QED) is 0.618. The summed E-state index contributed by atoms with van der Waals surface area (Å²) in [7, 11) is 0. The molecule has 0 radical (unpaired) electrons. The van der Waals surface area contributed by atoms with E-state index in [1.807, 2.05) is 6.92 Å². The minimum atomic E-state index is -0.944. The van der Waals surface area contributed by atoms with Crippen molar-refractivity contribution in [2.75, 3.05) is 13.2 Å². The number of carbonyl (C=O) groups excluding carboxylic acids is 1. The van der Waals surface area contributed by atoms with E-state index >= 15 is 0 Å². The molecule has 1 heterocycles. The molecule has 130 valence electrons. The molecule has 1 atom stereocenters. The monoisotopic (exact) mass is 334 g/mol. The lowest BCUT2D eigenvalue weighted by atomic mass is 9.91. The fourth-order valence-electron chi connectivity index (χ4n) is 1.88. The van der Waals surface area contributed by atoms with Crippen molar-refractivity contribution < 1.29 is 23.8 Å². The zero-order valence-corrected chi connectivity index (χ0v) is 14.1. The van der Waals surface area contributed by atoms with Crippen molar-refractivity contribution in [2.24, 2.45) is 5.41 Å². The molecule has 6 heteroatoms. The van der Waals surface area contributed by atoms with Crippen LogP contribution in [0.25, 0.3) is 11.0 Å². The van der Waals surface area contributed by atoms with Crippen LogP contribution < -0.4 is 10.4 Å². The highest BCUT2D eigenvalue weighted by atomic mass is 16.5. The average molecular weight is 334 g/mol. The number of carbonyl (C=O) groups is 1. The Balaban J connectivity index is 1.88. The molecule has 0 aliphatic rings. The topological polar surface area (TPSA) is 86.0 Å². The zero-order valence-electron chi connectivity index (χ0n) is 14.1. The molecule has 1 aromatic carbocycles. The maximum absolute atomic E-state index is 11.8. The van der Waals surface area contributed by atoms with Crippen molar-refractivity contribution in [2.45, 2.75) is 33.3 Å². The molecule has 2 rings (SSSR count). The number of fused-ring (bicyclic) bond motifs is 1. The molecule has 1 unspecified atom stereocenters. The number of ether oxygens (including phenoxy) is 2. The van der Waals surface area contributed by atoms with Gasteiger partial charge in [0.25, 0.3) is 0 Å². The molecular weight excluding hydrogens is 312 g/mol. The Kier molecular flexibility index (Phi) is 5.62. The Hall–Kier alpha value is -2.34. The lowest BCUT2D eigenvalue weighted by Gasteiger charge is -2.21. The largest absolute Gasteiger partial charge is 0.491 e. The van der Waals surface area contributed by atoms with Gasteiger partial charge in [0.2, 0.25) is 0 Å². The fraction of sp³-hybridized carbons (Fsp3) is 0.444. The van der Waals surface area contributed by atoms with E-state index in [0.29, 0.717) is 17.8 Å². The Labute approximate surface area is 140 Å². The van der Waals surface area contributed by atoms with Gasteiger partial charge in [0, 0.05) is 17.5 Å². The maximum Gasteiger partial charge on any atom is 0.336 e. The molecule has 0 saturated carbocycles. The summed E-state index contributed by atoms with van der Waals surface area (Å²) in [6.07, 6.45) is -0.291. The normalized spacial score (nSPS) is 12.8. The minimum Gasteiger partial charge on any atom is -0.491 e. The number of aliphatic hydroxyl groups excluding tert-OH is 1. The first-order valence-electron chi connectivity index (χ1n) is 7.84. The summed E-state index contributed by atoms with van der Waals surface area (Å²) < 4.78 is 15.6. The fourth-order valence-corrected chi connectivity index (χ4v) is 1.88. The highest BCUT2D eigenvalue weighted by Crippen LogP contribution is 2.22. The first kappa shape index (κ1) is 18.0.